The molecule has 20 heavy (non-hydrogen) atoms. The number of nitrogens with zero attached hydrogens (tertiary/aromatic N) is 1. The number of hydrogen-bond acceptors (Lipinski definition) is 3. The molecule has 0 radical (unpaired) electrons. The minimum absolute atomic E-state index is 0.0946. The van der Waals surface area contributed by atoms with E-state index in [0.29, 0.717) is 11.6 Å². The van der Waals surface area contributed by atoms with Crippen molar-refractivity contribution in [1.82, 2.24) is 4.90 Å². The van der Waals surface area contributed by atoms with Crippen molar-refractivity contribution in [2.45, 2.75) is 26.2 Å². The van der Waals surface area contributed by atoms with Crippen LogP contribution in [0, 0.1) is 17.2 Å². The summed E-state index contributed by atoms with van der Waals surface area (Å²) in [5, 5.41) is 7.46. The van der Waals surface area contributed by atoms with E-state index in [-0.39, 0.29) is 11.7 Å². The fourth-order valence-electron chi connectivity index (χ4n) is 2.87. The van der Waals surface area contributed by atoms with Crippen molar-refractivity contribution in [3.63, 3.8) is 0 Å². The third kappa shape index (κ3) is 4.01. The van der Waals surface area contributed by atoms with E-state index in [0.717, 1.165) is 31.5 Å². The Morgan fingerprint density at radius 1 is 1.30 bits per heavy atom. The predicted molar refractivity (Wildman–Crippen MR) is 83.1 cm³/mol. The van der Waals surface area contributed by atoms with Crippen LogP contribution >= 0.6 is 0 Å². The van der Waals surface area contributed by atoms with Gasteiger partial charge in [0, 0.05) is 5.92 Å². The quantitative estimate of drug-likeness (QED) is 0.803. The van der Waals surface area contributed by atoms with E-state index >= 15 is 0 Å². The summed E-state index contributed by atoms with van der Waals surface area (Å²) < 4.78 is 0. The molecule has 0 aromatic heterocycles. The van der Waals surface area contributed by atoms with Gasteiger partial charge in [0.25, 0.3) is 0 Å². The van der Waals surface area contributed by atoms with E-state index < -0.39 is 0 Å². The van der Waals surface area contributed by atoms with Gasteiger partial charge >= 0.3 is 0 Å². The molecule has 108 valence electrons. The van der Waals surface area contributed by atoms with Gasteiger partial charge in [-0.3, -0.25) is 4.79 Å². The standard InChI is InChI=1S/C17H24N2O/c1-13(15-4-3-10-19(2)11-9-15)17(20)12-14-5-7-16(18)8-6-14/h5-8,12-13,15,18H,3-4,9-11H2,1-2H3. The fraction of sp³-hybridized carbons (Fsp3) is 0.529. The lowest BCUT2D eigenvalue weighted by Crippen LogP contribution is -2.22. The maximum absolute atomic E-state index is 12.4. The van der Waals surface area contributed by atoms with E-state index in [1.54, 1.807) is 18.2 Å². The van der Waals surface area contributed by atoms with Crippen LogP contribution in [0.25, 0.3) is 0 Å². The summed E-state index contributed by atoms with van der Waals surface area (Å²) in [5.41, 5.74) is 1.39. The van der Waals surface area contributed by atoms with Crippen molar-refractivity contribution in [2.75, 3.05) is 20.1 Å². The average Bonchev–Trinajstić information content (AvgIpc) is 2.65. The summed E-state index contributed by atoms with van der Waals surface area (Å²) in [4.78, 5) is 14.7. The van der Waals surface area contributed by atoms with Crippen LogP contribution in [0.1, 0.15) is 26.2 Å². The van der Waals surface area contributed by atoms with Gasteiger partial charge in [0.2, 0.25) is 0 Å². The Bertz CT molecular complexity index is 455. The molecule has 2 rings (SSSR count). The lowest BCUT2D eigenvalue weighted by molar-refractivity contribution is -0.119. The summed E-state index contributed by atoms with van der Waals surface area (Å²) in [6.45, 7) is 4.30. The zero-order valence-electron chi connectivity index (χ0n) is 12.4. The molecule has 1 N–H and O–H groups in total. The SMILES string of the molecule is CC(C(=O)C=C1C=CC(=N)C=C1)C1CCCN(C)CC1. The largest absolute Gasteiger partial charge is 0.306 e. The first-order chi connectivity index (χ1) is 9.56. The summed E-state index contributed by atoms with van der Waals surface area (Å²) in [6.07, 6.45) is 12.3. The van der Waals surface area contributed by atoms with E-state index in [9.17, 15) is 4.79 Å². The topological polar surface area (TPSA) is 44.2 Å². The Morgan fingerprint density at radius 3 is 2.70 bits per heavy atom. The highest BCUT2D eigenvalue weighted by molar-refractivity contribution is 6.04. The van der Waals surface area contributed by atoms with Gasteiger partial charge in [0.05, 0.1) is 5.71 Å². The number of carbonyl (C=O) groups excluding carboxylic acids is 1. The Labute approximate surface area is 121 Å². The molecule has 1 aliphatic carbocycles. The van der Waals surface area contributed by atoms with Gasteiger partial charge in [-0.1, -0.05) is 19.1 Å². The van der Waals surface area contributed by atoms with E-state index in [4.69, 9.17) is 5.41 Å². The molecule has 2 atom stereocenters. The minimum atomic E-state index is 0.0946. The van der Waals surface area contributed by atoms with Gasteiger partial charge in [0.1, 0.15) is 0 Å². The molecule has 0 spiro atoms. The number of likely N-dealkylation sites (tertiary alicyclic amines) is 1. The first-order valence-electron chi connectivity index (χ1n) is 7.45. The molecule has 2 unspecified atom stereocenters. The molecule has 3 heteroatoms. The highest BCUT2D eigenvalue weighted by Gasteiger charge is 2.24. The Kier molecular flexibility index (Phi) is 5.07. The summed E-state index contributed by atoms with van der Waals surface area (Å²) in [5.74, 6) is 0.814. The molecular weight excluding hydrogens is 248 g/mol. The number of carbonyl (C=O) groups is 1. The van der Waals surface area contributed by atoms with Gasteiger partial charge in [-0.15, -0.1) is 0 Å². The molecule has 2 aliphatic rings. The second-order valence-electron chi connectivity index (χ2n) is 5.95. The molecule has 0 aromatic rings. The van der Waals surface area contributed by atoms with Crippen molar-refractivity contribution < 1.29 is 4.79 Å². The van der Waals surface area contributed by atoms with Gasteiger partial charge in [-0.2, -0.15) is 0 Å². The summed E-state index contributed by atoms with van der Waals surface area (Å²) >= 11 is 0. The Balaban J connectivity index is 1.98. The first-order valence-corrected chi connectivity index (χ1v) is 7.45. The van der Waals surface area contributed by atoms with Crippen molar-refractivity contribution in [2.24, 2.45) is 11.8 Å². The van der Waals surface area contributed by atoms with Crippen LogP contribution in [0.2, 0.25) is 0 Å². The van der Waals surface area contributed by atoms with Crippen LogP contribution in [-0.2, 0) is 4.79 Å². The van der Waals surface area contributed by atoms with E-state index in [2.05, 4.69) is 18.9 Å². The summed E-state index contributed by atoms with van der Waals surface area (Å²) in [6, 6.07) is 0. The molecule has 0 aromatic carbocycles. The van der Waals surface area contributed by atoms with Gasteiger partial charge in [-0.05, 0) is 69.1 Å². The minimum Gasteiger partial charge on any atom is -0.306 e. The lowest BCUT2D eigenvalue weighted by Gasteiger charge is -2.20. The van der Waals surface area contributed by atoms with Gasteiger partial charge in [0.15, 0.2) is 5.78 Å². The number of ketones is 1. The molecule has 1 saturated heterocycles. The van der Waals surface area contributed by atoms with Gasteiger partial charge in [-0.25, -0.2) is 0 Å². The summed E-state index contributed by atoms with van der Waals surface area (Å²) in [7, 11) is 2.16. The Morgan fingerprint density at radius 2 is 2.00 bits per heavy atom. The highest BCUT2D eigenvalue weighted by Crippen LogP contribution is 2.26. The maximum Gasteiger partial charge on any atom is 0.159 e. The maximum atomic E-state index is 12.4. The predicted octanol–water partition coefficient (Wildman–Crippen LogP) is 3.00. The van der Waals surface area contributed by atoms with Crippen molar-refractivity contribution >= 4 is 11.5 Å². The van der Waals surface area contributed by atoms with Crippen LogP contribution in [0.5, 0.6) is 0 Å². The normalized spacial score (nSPS) is 25.4. The molecular formula is C17H24N2O. The second kappa shape index (κ2) is 6.80. The van der Waals surface area contributed by atoms with E-state index in [1.807, 2.05) is 12.2 Å². The average molecular weight is 272 g/mol. The Hall–Kier alpha value is -1.48. The monoisotopic (exact) mass is 272 g/mol. The van der Waals surface area contributed by atoms with Crippen molar-refractivity contribution in [1.29, 1.82) is 5.41 Å². The highest BCUT2D eigenvalue weighted by atomic mass is 16.1. The third-order valence-corrected chi connectivity index (χ3v) is 4.37. The number of hydrogen-bond donors (Lipinski definition) is 1. The number of rotatable bonds is 3. The van der Waals surface area contributed by atoms with Gasteiger partial charge < -0.3 is 10.3 Å². The number of allylic oxidation sites excluding steroid dienone is 6. The third-order valence-electron chi connectivity index (χ3n) is 4.37. The number of nitrogens with one attached hydrogen (secondary N) is 1. The van der Waals surface area contributed by atoms with Crippen molar-refractivity contribution in [3.05, 3.63) is 36.0 Å². The van der Waals surface area contributed by atoms with Crippen LogP contribution in [0.15, 0.2) is 36.0 Å². The lowest BCUT2D eigenvalue weighted by atomic mass is 9.84. The van der Waals surface area contributed by atoms with Crippen LogP contribution in [-0.4, -0.2) is 36.5 Å². The zero-order chi connectivity index (χ0) is 14.5. The van der Waals surface area contributed by atoms with Crippen LogP contribution in [0.4, 0.5) is 0 Å². The zero-order valence-corrected chi connectivity index (χ0v) is 12.4. The molecule has 3 nitrogen and oxygen atoms in total. The molecule has 1 heterocycles. The molecule has 0 amide bonds. The second-order valence-corrected chi connectivity index (χ2v) is 5.95. The first kappa shape index (κ1) is 14.9. The molecule has 0 saturated carbocycles. The van der Waals surface area contributed by atoms with Crippen LogP contribution < -0.4 is 0 Å². The molecule has 1 fully saturated rings. The van der Waals surface area contributed by atoms with Crippen molar-refractivity contribution in [3.8, 4) is 0 Å². The fourth-order valence-corrected chi connectivity index (χ4v) is 2.87. The van der Waals surface area contributed by atoms with Crippen LogP contribution in [0.3, 0.4) is 0 Å². The molecule has 1 aliphatic heterocycles. The van der Waals surface area contributed by atoms with E-state index in [1.165, 1.54) is 6.42 Å². The smallest absolute Gasteiger partial charge is 0.159 e. The molecule has 0 bridgehead atoms.